The number of nitrogens with zero attached hydrogens (tertiary/aromatic N) is 1. The second kappa shape index (κ2) is 8.70. The maximum Gasteiger partial charge on any atom is 0.339 e. The predicted octanol–water partition coefficient (Wildman–Crippen LogP) is 6.29. The molecule has 154 valence electrons. The minimum absolute atomic E-state index is 0.249. The number of Topliss-reactive ketones (excluding diaryl/α,β-unsaturated/α-hetero) is 1. The molecule has 0 N–H and O–H groups in total. The zero-order valence-electron chi connectivity index (χ0n) is 17.1. The number of carbonyl (C=O) groups is 2. The van der Waals surface area contributed by atoms with Gasteiger partial charge in [0.15, 0.2) is 6.10 Å². The van der Waals surface area contributed by atoms with Crippen molar-refractivity contribution in [3.63, 3.8) is 0 Å². The predicted molar refractivity (Wildman–Crippen MR) is 123 cm³/mol. The fourth-order valence-electron chi connectivity index (χ4n) is 3.44. The standard InChI is InChI=1S/C26H20ClNO3/c1-16-7-6-10-21-22(15-23(28-24(16)21)18-11-13-20(27)14-12-18)26(30)31-17(2)25(29)19-8-4-3-5-9-19/h3-15,17H,1-2H3. The topological polar surface area (TPSA) is 56.3 Å². The number of aromatic nitrogens is 1. The molecule has 1 aromatic heterocycles. The quantitative estimate of drug-likeness (QED) is 0.276. The molecule has 4 aromatic rings. The van der Waals surface area contributed by atoms with E-state index in [0.717, 1.165) is 11.1 Å². The van der Waals surface area contributed by atoms with E-state index in [4.69, 9.17) is 21.3 Å². The number of ketones is 1. The van der Waals surface area contributed by atoms with Crippen LogP contribution in [0.25, 0.3) is 22.2 Å². The van der Waals surface area contributed by atoms with Crippen LogP contribution < -0.4 is 0 Å². The van der Waals surface area contributed by atoms with Gasteiger partial charge in [0.05, 0.1) is 16.8 Å². The van der Waals surface area contributed by atoms with Crippen LogP contribution in [-0.4, -0.2) is 22.8 Å². The summed E-state index contributed by atoms with van der Waals surface area (Å²) >= 11 is 6.01. The van der Waals surface area contributed by atoms with Crippen molar-refractivity contribution in [1.29, 1.82) is 0 Å². The van der Waals surface area contributed by atoms with Crippen molar-refractivity contribution in [2.45, 2.75) is 20.0 Å². The number of halogens is 1. The molecule has 1 unspecified atom stereocenters. The van der Waals surface area contributed by atoms with Crippen LogP contribution >= 0.6 is 11.6 Å². The summed E-state index contributed by atoms with van der Waals surface area (Å²) in [6.07, 6.45) is -0.915. The molecule has 0 spiro atoms. The summed E-state index contributed by atoms with van der Waals surface area (Å²) in [5, 5.41) is 1.30. The molecule has 0 amide bonds. The molecule has 0 aliphatic carbocycles. The molecule has 0 bridgehead atoms. The Hall–Kier alpha value is -3.50. The van der Waals surface area contributed by atoms with Crippen LogP contribution in [-0.2, 0) is 4.74 Å². The van der Waals surface area contributed by atoms with Gasteiger partial charge in [0, 0.05) is 21.5 Å². The summed E-state index contributed by atoms with van der Waals surface area (Å²) in [6.45, 7) is 3.53. The smallest absolute Gasteiger partial charge is 0.339 e. The minimum Gasteiger partial charge on any atom is -0.451 e. The van der Waals surface area contributed by atoms with Gasteiger partial charge < -0.3 is 4.74 Å². The van der Waals surface area contributed by atoms with Gasteiger partial charge in [-0.2, -0.15) is 0 Å². The van der Waals surface area contributed by atoms with Gasteiger partial charge in [-0.15, -0.1) is 0 Å². The Bertz CT molecular complexity index is 1270. The van der Waals surface area contributed by atoms with E-state index >= 15 is 0 Å². The molecule has 4 rings (SSSR count). The fourth-order valence-corrected chi connectivity index (χ4v) is 3.57. The summed E-state index contributed by atoms with van der Waals surface area (Å²) < 4.78 is 5.57. The zero-order chi connectivity index (χ0) is 22.0. The highest BCUT2D eigenvalue weighted by molar-refractivity contribution is 6.30. The third kappa shape index (κ3) is 4.35. The molecule has 0 saturated carbocycles. The van der Waals surface area contributed by atoms with E-state index in [0.29, 0.717) is 32.7 Å². The van der Waals surface area contributed by atoms with E-state index in [9.17, 15) is 9.59 Å². The second-order valence-corrected chi connectivity index (χ2v) is 7.75. The first kappa shape index (κ1) is 20.8. The number of benzene rings is 3. The number of aryl methyl sites for hydroxylation is 1. The lowest BCUT2D eigenvalue weighted by Crippen LogP contribution is -2.24. The summed E-state index contributed by atoms with van der Waals surface area (Å²) in [4.78, 5) is 30.5. The highest BCUT2D eigenvalue weighted by Gasteiger charge is 2.23. The van der Waals surface area contributed by atoms with Crippen LogP contribution in [0.2, 0.25) is 5.02 Å². The maximum atomic E-state index is 13.1. The number of carbonyl (C=O) groups excluding carboxylic acids is 2. The highest BCUT2D eigenvalue weighted by atomic mass is 35.5. The second-order valence-electron chi connectivity index (χ2n) is 7.31. The Kier molecular flexibility index (Phi) is 5.83. The third-order valence-electron chi connectivity index (χ3n) is 5.11. The van der Waals surface area contributed by atoms with Crippen molar-refractivity contribution >= 4 is 34.3 Å². The average molecular weight is 430 g/mol. The largest absolute Gasteiger partial charge is 0.451 e. The Morgan fingerprint density at radius 3 is 2.35 bits per heavy atom. The number of esters is 1. The van der Waals surface area contributed by atoms with Crippen LogP contribution in [0.5, 0.6) is 0 Å². The third-order valence-corrected chi connectivity index (χ3v) is 5.36. The lowest BCUT2D eigenvalue weighted by atomic mass is 10.0. The van der Waals surface area contributed by atoms with E-state index in [-0.39, 0.29) is 5.78 Å². The van der Waals surface area contributed by atoms with E-state index in [1.165, 1.54) is 0 Å². The molecule has 0 aliphatic rings. The van der Waals surface area contributed by atoms with E-state index in [2.05, 4.69) is 0 Å². The van der Waals surface area contributed by atoms with Crippen molar-refractivity contribution < 1.29 is 14.3 Å². The Labute approximate surface area is 185 Å². The zero-order valence-corrected chi connectivity index (χ0v) is 17.9. The molecule has 0 aliphatic heterocycles. The molecule has 0 radical (unpaired) electrons. The van der Waals surface area contributed by atoms with Gasteiger partial charge in [-0.05, 0) is 37.6 Å². The van der Waals surface area contributed by atoms with Gasteiger partial charge in [-0.25, -0.2) is 9.78 Å². The van der Waals surface area contributed by atoms with Crippen molar-refractivity contribution in [1.82, 2.24) is 4.98 Å². The molecule has 0 saturated heterocycles. The van der Waals surface area contributed by atoms with Crippen molar-refractivity contribution in [3.8, 4) is 11.3 Å². The number of para-hydroxylation sites is 1. The number of fused-ring (bicyclic) bond motifs is 1. The van der Waals surface area contributed by atoms with Gasteiger partial charge in [0.2, 0.25) is 5.78 Å². The number of rotatable bonds is 5. The lowest BCUT2D eigenvalue weighted by molar-refractivity contribution is 0.0320. The van der Waals surface area contributed by atoms with E-state index in [1.54, 1.807) is 49.4 Å². The minimum atomic E-state index is -0.915. The number of hydrogen-bond donors (Lipinski definition) is 0. The summed E-state index contributed by atoms with van der Waals surface area (Å²) in [5.41, 5.74) is 3.98. The van der Waals surface area contributed by atoms with Gasteiger partial charge in [-0.1, -0.05) is 72.3 Å². The normalized spacial score (nSPS) is 11.8. The van der Waals surface area contributed by atoms with Crippen molar-refractivity contribution in [2.24, 2.45) is 0 Å². The van der Waals surface area contributed by atoms with Gasteiger partial charge >= 0.3 is 5.97 Å². The highest BCUT2D eigenvalue weighted by Crippen LogP contribution is 2.28. The van der Waals surface area contributed by atoms with Crippen LogP contribution in [0.15, 0.2) is 78.9 Å². The van der Waals surface area contributed by atoms with Crippen LogP contribution in [0.1, 0.15) is 33.2 Å². The summed E-state index contributed by atoms with van der Waals surface area (Å²) in [5.74, 6) is -0.814. The summed E-state index contributed by atoms with van der Waals surface area (Å²) in [7, 11) is 0. The Balaban J connectivity index is 1.73. The van der Waals surface area contributed by atoms with Crippen LogP contribution in [0, 0.1) is 6.92 Å². The Morgan fingerprint density at radius 2 is 1.65 bits per heavy atom. The SMILES string of the molecule is Cc1cccc2c(C(=O)OC(C)C(=O)c3ccccc3)cc(-c3ccc(Cl)cc3)nc12. The van der Waals surface area contributed by atoms with Crippen LogP contribution in [0.4, 0.5) is 0 Å². The van der Waals surface area contributed by atoms with Gasteiger partial charge in [0.25, 0.3) is 0 Å². The maximum absolute atomic E-state index is 13.1. The van der Waals surface area contributed by atoms with Crippen molar-refractivity contribution in [2.75, 3.05) is 0 Å². The van der Waals surface area contributed by atoms with Gasteiger partial charge in [0.1, 0.15) is 0 Å². The molecular weight excluding hydrogens is 410 g/mol. The monoisotopic (exact) mass is 429 g/mol. The average Bonchev–Trinajstić information content (AvgIpc) is 2.79. The molecule has 4 nitrogen and oxygen atoms in total. The molecule has 31 heavy (non-hydrogen) atoms. The van der Waals surface area contributed by atoms with E-state index in [1.807, 2.05) is 43.3 Å². The molecule has 1 heterocycles. The number of pyridine rings is 1. The fraction of sp³-hybridized carbons (Fsp3) is 0.115. The molecule has 0 fully saturated rings. The number of ether oxygens (including phenoxy) is 1. The first-order valence-electron chi connectivity index (χ1n) is 9.90. The lowest BCUT2D eigenvalue weighted by Gasteiger charge is -2.15. The molecular formula is C26H20ClNO3. The molecule has 5 heteroatoms. The number of hydrogen-bond acceptors (Lipinski definition) is 4. The van der Waals surface area contributed by atoms with Crippen LogP contribution in [0.3, 0.4) is 0 Å². The molecule has 3 aromatic carbocycles. The van der Waals surface area contributed by atoms with Gasteiger partial charge in [-0.3, -0.25) is 4.79 Å². The van der Waals surface area contributed by atoms with E-state index < -0.39 is 12.1 Å². The van der Waals surface area contributed by atoms with Crippen molar-refractivity contribution in [3.05, 3.63) is 101 Å². The summed E-state index contributed by atoms with van der Waals surface area (Å²) in [6, 6.07) is 23.4. The molecule has 1 atom stereocenters. The first-order valence-corrected chi connectivity index (χ1v) is 10.3. The first-order chi connectivity index (χ1) is 14.9. The Morgan fingerprint density at radius 1 is 0.935 bits per heavy atom.